The van der Waals surface area contributed by atoms with Crippen molar-refractivity contribution in [1.82, 2.24) is 5.16 Å². The standard InChI is InChI=1S/C15H18N2O3/c1-4-19-15(18)12-7-5-6-8-14(12)16-9-13-10(2)17-20-11(13)3/h5-8,16H,4,9H2,1-3H3. The Hall–Kier alpha value is -2.30. The van der Waals surface area contributed by atoms with Gasteiger partial charge >= 0.3 is 5.97 Å². The van der Waals surface area contributed by atoms with Crippen LogP contribution < -0.4 is 5.32 Å². The smallest absolute Gasteiger partial charge is 0.340 e. The first-order chi connectivity index (χ1) is 9.63. The number of rotatable bonds is 5. The predicted octanol–water partition coefficient (Wildman–Crippen LogP) is 3.08. The van der Waals surface area contributed by atoms with Crippen LogP contribution in [0.5, 0.6) is 0 Å². The number of hydrogen-bond acceptors (Lipinski definition) is 5. The number of hydrogen-bond donors (Lipinski definition) is 1. The van der Waals surface area contributed by atoms with E-state index in [1.54, 1.807) is 13.0 Å². The molecular weight excluding hydrogens is 256 g/mol. The minimum Gasteiger partial charge on any atom is -0.462 e. The molecule has 0 saturated heterocycles. The van der Waals surface area contributed by atoms with Gasteiger partial charge in [0.05, 0.1) is 17.9 Å². The minimum atomic E-state index is -0.325. The molecule has 1 aromatic carbocycles. The second kappa shape index (κ2) is 6.23. The predicted molar refractivity (Wildman–Crippen MR) is 75.7 cm³/mol. The van der Waals surface area contributed by atoms with Gasteiger partial charge in [0.1, 0.15) is 5.76 Å². The van der Waals surface area contributed by atoms with Crippen molar-refractivity contribution in [3.05, 3.63) is 46.8 Å². The van der Waals surface area contributed by atoms with Crippen molar-refractivity contribution < 1.29 is 14.1 Å². The lowest BCUT2D eigenvalue weighted by Crippen LogP contribution is -2.10. The first kappa shape index (κ1) is 14.1. The number of ether oxygens (including phenoxy) is 1. The zero-order valence-corrected chi connectivity index (χ0v) is 11.9. The molecule has 0 atom stereocenters. The number of para-hydroxylation sites is 1. The molecule has 106 valence electrons. The van der Waals surface area contributed by atoms with E-state index in [1.165, 1.54) is 0 Å². The summed E-state index contributed by atoms with van der Waals surface area (Å²) in [5, 5.41) is 7.14. The molecule has 0 aliphatic carbocycles. The average molecular weight is 274 g/mol. The number of nitrogens with zero attached hydrogens (tertiary/aromatic N) is 1. The van der Waals surface area contributed by atoms with Crippen LogP contribution in [0.3, 0.4) is 0 Å². The summed E-state index contributed by atoms with van der Waals surface area (Å²) < 4.78 is 10.2. The fourth-order valence-corrected chi connectivity index (χ4v) is 1.96. The SMILES string of the molecule is CCOC(=O)c1ccccc1NCc1c(C)noc1C. The first-order valence-corrected chi connectivity index (χ1v) is 6.55. The molecule has 5 heteroatoms. The van der Waals surface area contributed by atoms with Crippen molar-refractivity contribution in [2.75, 3.05) is 11.9 Å². The van der Waals surface area contributed by atoms with Gasteiger partial charge in [0.2, 0.25) is 0 Å². The van der Waals surface area contributed by atoms with E-state index in [1.807, 2.05) is 32.0 Å². The molecule has 0 saturated carbocycles. The van der Waals surface area contributed by atoms with E-state index < -0.39 is 0 Å². The highest BCUT2D eigenvalue weighted by molar-refractivity contribution is 5.95. The summed E-state index contributed by atoms with van der Waals surface area (Å²) in [5.74, 6) is 0.456. The Morgan fingerprint density at radius 1 is 1.35 bits per heavy atom. The van der Waals surface area contributed by atoms with Crippen LogP contribution in [0.1, 0.15) is 34.3 Å². The molecule has 0 fully saturated rings. The van der Waals surface area contributed by atoms with E-state index in [0.29, 0.717) is 18.7 Å². The number of esters is 1. The first-order valence-electron chi connectivity index (χ1n) is 6.55. The Bertz CT molecular complexity index is 585. The van der Waals surface area contributed by atoms with Crippen LogP contribution in [0.25, 0.3) is 0 Å². The topological polar surface area (TPSA) is 64.4 Å². The lowest BCUT2D eigenvalue weighted by Gasteiger charge is -2.11. The van der Waals surface area contributed by atoms with Crippen molar-refractivity contribution in [2.24, 2.45) is 0 Å². The third kappa shape index (κ3) is 2.99. The fourth-order valence-electron chi connectivity index (χ4n) is 1.96. The Labute approximate surface area is 117 Å². The molecular formula is C15H18N2O3. The molecule has 0 amide bonds. The van der Waals surface area contributed by atoms with Crippen LogP contribution in [0.2, 0.25) is 0 Å². The van der Waals surface area contributed by atoms with Crippen LogP contribution in [0.4, 0.5) is 5.69 Å². The monoisotopic (exact) mass is 274 g/mol. The second-order valence-corrected chi connectivity index (χ2v) is 4.42. The van der Waals surface area contributed by atoms with Crippen LogP contribution >= 0.6 is 0 Å². The molecule has 0 aliphatic rings. The normalized spacial score (nSPS) is 10.3. The molecule has 0 unspecified atom stereocenters. The molecule has 20 heavy (non-hydrogen) atoms. The summed E-state index contributed by atoms with van der Waals surface area (Å²) in [4.78, 5) is 11.9. The maximum absolute atomic E-state index is 11.9. The van der Waals surface area contributed by atoms with Crippen LogP contribution in [-0.4, -0.2) is 17.7 Å². The molecule has 0 bridgehead atoms. The molecule has 0 aliphatic heterocycles. The number of carbonyl (C=O) groups excluding carboxylic acids is 1. The van der Waals surface area contributed by atoms with Gasteiger partial charge in [-0.25, -0.2) is 4.79 Å². The second-order valence-electron chi connectivity index (χ2n) is 4.42. The van der Waals surface area contributed by atoms with Crippen molar-refractivity contribution in [3.63, 3.8) is 0 Å². The number of aromatic nitrogens is 1. The van der Waals surface area contributed by atoms with E-state index >= 15 is 0 Å². The Kier molecular flexibility index (Phi) is 4.40. The fraction of sp³-hybridized carbons (Fsp3) is 0.333. The van der Waals surface area contributed by atoms with E-state index in [9.17, 15) is 4.79 Å². The number of aryl methyl sites for hydroxylation is 2. The molecule has 0 radical (unpaired) electrons. The highest BCUT2D eigenvalue weighted by atomic mass is 16.5. The van der Waals surface area contributed by atoms with Crippen molar-refractivity contribution in [1.29, 1.82) is 0 Å². The van der Waals surface area contributed by atoms with E-state index in [2.05, 4.69) is 10.5 Å². The van der Waals surface area contributed by atoms with Gasteiger partial charge in [-0.2, -0.15) is 0 Å². The van der Waals surface area contributed by atoms with Gasteiger partial charge in [-0.05, 0) is 32.9 Å². The number of carbonyl (C=O) groups is 1. The van der Waals surface area contributed by atoms with Gasteiger partial charge in [0, 0.05) is 17.8 Å². The molecule has 1 N–H and O–H groups in total. The lowest BCUT2D eigenvalue weighted by atomic mass is 10.1. The maximum atomic E-state index is 11.9. The summed E-state index contributed by atoms with van der Waals surface area (Å²) in [6.45, 7) is 6.46. The van der Waals surface area contributed by atoms with Crippen molar-refractivity contribution >= 4 is 11.7 Å². The number of anilines is 1. The highest BCUT2D eigenvalue weighted by Gasteiger charge is 2.13. The van der Waals surface area contributed by atoms with Crippen molar-refractivity contribution in [3.8, 4) is 0 Å². The molecule has 1 heterocycles. The zero-order valence-electron chi connectivity index (χ0n) is 11.9. The van der Waals surface area contributed by atoms with Crippen LogP contribution in [0.15, 0.2) is 28.8 Å². The Morgan fingerprint density at radius 2 is 2.10 bits per heavy atom. The summed E-state index contributed by atoms with van der Waals surface area (Å²) >= 11 is 0. The van der Waals surface area contributed by atoms with Gasteiger partial charge in [-0.3, -0.25) is 0 Å². The Morgan fingerprint density at radius 3 is 2.75 bits per heavy atom. The summed E-state index contributed by atoms with van der Waals surface area (Å²) in [6.07, 6.45) is 0. The van der Waals surface area contributed by atoms with Crippen LogP contribution in [0, 0.1) is 13.8 Å². The average Bonchev–Trinajstić information content (AvgIpc) is 2.76. The molecule has 5 nitrogen and oxygen atoms in total. The number of benzene rings is 1. The largest absolute Gasteiger partial charge is 0.462 e. The van der Waals surface area contributed by atoms with Crippen molar-refractivity contribution in [2.45, 2.75) is 27.3 Å². The van der Waals surface area contributed by atoms with Crippen LogP contribution in [-0.2, 0) is 11.3 Å². The summed E-state index contributed by atoms with van der Waals surface area (Å²) in [5.41, 5.74) is 3.12. The van der Waals surface area contributed by atoms with Gasteiger partial charge in [-0.15, -0.1) is 0 Å². The van der Waals surface area contributed by atoms with Gasteiger partial charge in [0.25, 0.3) is 0 Å². The Balaban J connectivity index is 2.16. The zero-order chi connectivity index (χ0) is 14.5. The quantitative estimate of drug-likeness (QED) is 0.849. The van der Waals surface area contributed by atoms with E-state index in [0.717, 1.165) is 22.7 Å². The number of nitrogens with one attached hydrogen (secondary N) is 1. The third-order valence-electron chi connectivity index (χ3n) is 3.06. The molecule has 1 aromatic heterocycles. The molecule has 2 aromatic rings. The lowest BCUT2D eigenvalue weighted by molar-refractivity contribution is 0.0527. The summed E-state index contributed by atoms with van der Waals surface area (Å²) in [7, 11) is 0. The van der Waals surface area contributed by atoms with Gasteiger partial charge in [-0.1, -0.05) is 17.3 Å². The van der Waals surface area contributed by atoms with Gasteiger partial charge in [0.15, 0.2) is 0 Å². The molecule has 0 spiro atoms. The van der Waals surface area contributed by atoms with Gasteiger partial charge < -0.3 is 14.6 Å². The third-order valence-corrected chi connectivity index (χ3v) is 3.06. The van der Waals surface area contributed by atoms with E-state index in [-0.39, 0.29) is 5.97 Å². The maximum Gasteiger partial charge on any atom is 0.340 e. The summed E-state index contributed by atoms with van der Waals surface area (Å²) in [6, 6.07) is 7.28. The molecule has 2 rings (SSSR count). The van der Waals surface area contributed by atoms with E-state index in [4.69, 9.17) is 9.26 Å². The highest BCUT2D eigenvalue weighted by Crippen LogP contribution is 2.19. The minimum absolute atomic E-state index is 0.325.